The van der Waals surface area contributed by atoms with Crippen LogP contribution in [0.3, 0.4) is 0 Å². The Bertz CT molecular complexity index is 789. The molecule has 0 aliphatic carbocycles. The Hall–Kier alpha value is 0.760. The van der Waals surface area contributed by atoms with Crippen LogP contribution in [0.2, 0.25) is 0 Å². The van der Waals surface area contributed by atoms with E-state index in [0.29, 0.717) is 25.9 Å². The summed E-state index contributed by atoms with van der Waals surface area (Å²) in [5, 5.41) is 0. The Labute approximate surface area is 288 Å². The zero-order valence-corrected chi connectivity index (χ0v) is 31.2. The minimum absolute atomic E-state index is 0. The first-order valence-electron chi connectivity index (χ1n) is 14.3. The van der Waals surface area contributed by atoms with Crippen LogP contribution in [-0.2, 0) is 29.8 Å². The Morgan fingerprint density at radius 3 is 1.10 bits per heavy atom. The summed E-state index contributed by atoms with van der Waals surface area (Å²) in [4.78, 5) is 28.3. The number of carbonyl (C=O) groups excluding carboxylic acids is 2. The van der Waals surface area contributed by atoms with Crippen molar-refractivity contribution in [2.24, 2.45) is 0 Å². The van der Waals surface area contributed by atoms with Crippen molar-refractivity contribution in [1.29, 1.82) is 0 Å². The van der Waals surface area contributed by atoms with Crippen molar-refractivity contribution < 1.29 is 94.6 Å². The normalized spacial score (nSPS) is 11.4. The molecule has 0 aromatic rings. The smallest absolute Gasteiger partial charge is 0.748 e. The van der Waals surface area contributed by atoms with Crippen molar-refractivity contribution in [2.75, 3.05) is 37.7 Å². The molecule has 0 saturated heterocycles. The number of hydrogen-bond acceptors (Lipinski definition) is 8. The zero-order valence-electron chi connectivity index (χ0n) is 25.5. The van der Waals surface area contributed by atoms with Gasteiger partial charge < -0.3 is 18.9 Å². The number of carbonyl (C=O) groups is 2. The van der Waals surface area contributed by atoms with Gasteiger partial charge in [-0.15, -0.1) is 0 Å². The number of hydrogen-bond donors (Lipinski definition) is 0. The maximum atomic E-state index is 12.7. The third kappa shape index (κ3) is 28.9. The van der Waals surface area contributed by atoms with Crippen LogP contribution in [0.25, 0.3) is 0 Å². The summed E-state index contributed by atoms with van der Waals surface area (Å²) in [7, 11) is -8.86. The molecule has 40 heavy (non-hydrogen) atoms. The van der Waals surface area contributed by atoms with Gasteiger partial charge in [0.05, 0.1) is 31.7 Å². The fourth-order valence-corrected chi connectivity index (χ4v) is 5.09. The molecule has 0 rings (SSSR count). The van der Waals surface area contributed by atoms with Crippen molar-refractivity contribution in [3.8, 4) is 0 Å². The monoisotopic (exact) mass is 628 g/mol. The van der Waals surface area contributed by atoms with Crippen molar-refractivity contribution in [2.45, 2.75) is 117 Å². The molecule has 0 bridgehead atoms. The Balaban J connectivity index is -0.00000684. The van der Waals surface area contributed by atoms with Gasteiger partial charge in [0.15, 0.2) is 0 Å². The van der Waals surface area contributed by atoms with Gasteiger partial charge in [-0.2, -0.15) is 0 Å². The van der Waals surface area contributed by atoms with E-state index < -0.39 is 31.7 Å². The molecule has 14 heteroatoms. The predicted molar refractivity (Wildman–Crippen MR) is 148 cm³/mol. The second kappa shape index (κ2) is 27.3. The SMILES string of the molecule is CCCCCCCCN(CCS(=O)(=O)[O-])C(=O)CCCCC(=O)N(CCCCCCCC)CCS(=O)(=O)[O-].[Na+].[Na+]. The molecule has 0 atom stereocenters. The summed E-state index contributed by atoms with van der Waals surface area (Å²) in [6.07, 6.45) is 13.3. The van der Waals surface area contributed by atoms with E-state index in [0.717, 1.165) is 77.0 Å². The molecule has 0 fully saturated rings. The van der Waals surface area contributed by atoms with Crippen LogP contribution in [0.4, 0.5) is 0 Å². The fraction of sp³-hybridized carbons (Fsp3) is 0.923. The van der Waals surface area contributed by atoms with Crippen LogP contribution in [-0.4, -0.2) is 85.2 Å². The largest absolute Gasteiger partial charge is 1.00 e. The van der Waals surface area contributed by atoms with E-state index in [2.05, 4.69) is 13.8 Å². The Morgan fingerprint density at radius 2 is 0.800 bits per heavy atom. The maximum absolute atomic E-state index is 12.7. The molecule has 10 nitrogen and oxygen atoms in total. The molecule has 0 radical (unpaired) electrons. The molecule has 0 aromatic carbocycles. The second-order valence-corrected chi connectivity index (χ2v) is 13.1. The molecule has 0 aromatic heterocycles. The average molecular weight is 629 g/mol. The molecule has 0 saturated carbocycles. The van der Waals surface area contributed by atoms with E-state index in [-0.39, 0.29) is 96.9 Å². The summed E-state index contributed by atoms with van der Waals surface area (Å²) in [6, 6.07) is 0. The van der Waals surface area contributed by atoms with E-state index in [1.54, 1.807) is 0 Å². The minimum Gasteiger partial charge on any atom is -0.748 e. The fourth-order valence-electron chi connectivity index (χ4n) is 4.20. The summed E-state index contributed by atoms with van der Waals surface area (Å²) in [5.74, 6) is -1.72. The first-order valence-corrected chi connectivity index (χ1v) is 17.5. The summed E-state index contributed by atoms with van der Waals surface area (Å²) in [5.41, 5.74) is 0. The summed E-state index contributed by atoms with van der Waals surface area (Å²) >= 11 is 0. The summed E-state index contributed by atoms with van der Waals surface area (Å²) < 4.78 is 66.4. The topological polar surface area (TPSA) is 155 Å². The third-order valence-corrected chi connectivity index (χ3v) is 7.89. The number of nitrogens with zero attached hydrogens (tertiary/aromatic N) is 2. The van der Waals surface area contributed by atoms with Gasteiger partial charge in [-0.25, -0.2) is 16.8 Å². The van der Waals surface area contributed by atoms with Crippen LogP contribution >= 0.6 is 0 Å². The zero-order chi connectivity index (χ0) is 28.9. The van der Waals surface area contributed by atoms with Gasteiger partial charge in [0.2, 0.25) is 11.8 Å². The molecule has 226 valence electrons. The van der Waals surface area contributed by atoms with Gasteiger partial charge in [0.1, 0.15) is 0 Å². The van der Waals surface area contributed by atoms with Crippen LogP contribution in [0, 0.1) is 0 Å². The van der Waals surface area contributed by atoms with Crippen LogP contribution < -0.4 is 59.1 Å². The molecule has 0 aliphatic heterocycles. The van der Waals surface area contributed by atoms with E-state index in [1.165, 1.54) is 9.80 Å². The predicted octanol–water partition coefficient (Wildman–Crippen LogP) is -1.98. The molecule has 0 N–H and O–H groups in total. The molecule has 0 aliphatic rings. The van der Waals surface area contributed by atoms with Gasteiger partial charge in [-0.3, -0.25) is 9.59 Å². The van der Waals surface area contributed by atoms with Crippen LogP contribution in [0.1, 0.15) is 117 Å². The van der Waals surface area contributed by atoms with E-state index in [9.17, 15) is 35.5 Å². The third-order valence-electron chi connectivity index (χ3n) is 6.52. The average Bonchev–Trinajstić information content (AvgIpc) is 2.83. The molecule has 0 spiro atoms. The molecular weight excluding hydrogens is 578 g/mol. The van der Waals surface area contributed by atoms with E-state index >= 15 is 0 Å². The van der Waals surface area contributed by atoms with Gasteiger partial charge in [-0.1, -0.05) is 78.1 Å². The van der Waals surface area contributed by atoms with Crippen molar-refractivity contribution in [3.05, 3.63) is 0 Å². The molecular formula is C26H50N2Na2O8S2. The summed E-state index contributed by atoms with van der Waals surface area (Å²) in [6.45, 7) is 4.79. The van der Waals surface area contributed by atoms with E-state index in [4.69, 9.17) is 0 Å². The molecule has 0 unspecified atom stereocenters. The first kappa shape index (κ1) is 45.2. The minimum atomic E-state index is -4.43. The Morgan fingerprint density at radius 1 is 0.500 bits per heavy atom. The number of amides is 2. The van der Waals surface area contributed by atoms with E-state index in [1.807, 2.05) is 0 Å². The van der Waals surface area contributed by atoms with Crippen LogP contribution in [0.5, 0.6) is 0 Å². The first-order chi connectivity index (χ1) is 17.9. The molecule has 2 amide bonds. The van der Waals surface area contributed by atoms with Crippen molar-refractivity contribution in [1.82, 2.24) is 9.80 Å². The number of rotatable bonds is 25. The standard InChI is InChI=1S/C26H52N2O8S2.2Na/c1-3-5-7-9-11-15-19-27(21-23-37(31,32)33)25(29)17-13-14-18-26(30)28(22-24-38(34,35)36)20-16-12-10-8-6-4-2;;/h3-24H2,1-2H3,(H,31,32,33)(H,34,35,36);;/q;2*+1/p-2. The quantitative estimate of drug-likeness (QED) is 0.0641. The second-order valence-electron chi connectivity index (χ2n) is 10.0. The Kier molecular flexibility index (Phi) is 30.9. The van der Waals surface area contributed by atoms with Crippen LogP contribution in [0.15, 0.2) is 0 Å². The molecule has 0 heterocycles. The van der Waals surface area contributed by atoms with Crippen molar-refractivity contribution >= 4 is 32.1 Å². The van der Waals surface area contributed by atoms with Gasteiger partial charge in [0.25, 0.3) is 0 Å². The van der Waals surface area contributed by atoms with Gasteiger partial charge >= 0.3 is 59.1 Å². The van der Waals surface area contributed by atoms with Gasteiger partial charge in [0, 0.05) is 39.0 Å². The number of unbranched alkanes of at least 4 members (excludes halogenated alkanes) is 11. The maximum Gasteiger partial charge on any atom is 1.00 e. The van der Waals surface area contributed by atoms with Gasteiger partial charge in [-0.05, 0) is 25.7 Å². The van der Waals surface area contributed by atoms with Crippen molar-refractivity contribution in [3.63, 3.8) is 0 Å².